The van der Waals surface area contributed by atoms with Gasteiger partial charge in [0.1, 0.15) is 0 Å². The molecule has 1 aromatic rings. The van der Waals surface area contributed by atoms with Gasteiger partial charge < -0.3 is 9.64 Å². The first-order chi connectivity index (χ1) is 8.40. The summed E-state index contributed by atoms with van der Waals surface area (Å²) >= 11 is 0. The second kappa shape index (κ2) is 8.13. The van der Waals surface area contributed by atoms with Gasteiger partial charge in [0.25, 0.3) is 0 Å². The topological polar surface area (TPSA) is 12.5 Å². The van der Waals surface area contributed by atoms with E-state index in [1.54, 1.807) is 0 Å². The summed E-state index contributed by atoms with van der Waals surface area (Å²) in [4.78, 5) is 2.39. The molecule has 0 amide bonds. The molecular formula is C15H25NO. The van der Waals surface area contributed by atoms with E-state index >= 15 is 0 Å². The first kappa shape index (κ1) is 14.0. The summed E-state index contributed by atoms with van der Waals surface area (Å²) < 4.78 is 5.34. The van der Waals surface area contributed by atoms with Gasteiger partial charge >= 0.3 is 0 Å². The minimum Gasteiger partial charge on any atom is -0.378 e. The lowest BCUT2D eigenvalue weighted by Gasteiger charge is -2.28. The van der Waals surface area contributed by atoms with Crippen LogP contribution in [0.15, 0.2) is 24.3 Å². The van der Waals surface area contributed by atoms with E-state index in [0.29, 0.717) is 0 Å². The number of anilines is 1. The highest BCUT2D eigenvalue weighted by Crippen LogP contribution is 2.17. The third-order valence-corrected chi connectivity index (χ3v) is 2.85. The second-order valence-electron chi connectivity index (χ2n) is 4.02. The van der Waals surface area contributed by atoms with Gasteiger partial charge in [0.05, 0.1) is 13.2 Å². The third-order valence-electron chi connectivity index (χ3n) is 2.85. The van der Waals surface area contributed by atoms with Crippen LogP contribution in [0.3, 0.4) is 0 Å². The highest BCUT2D eigenvalue weighted by molar-refractivity contribution is 5.47. The van der Waals surface area contributed by atoms with Crippen molar-refractivity contribution in [3.63, 3.8) is 0 Å². The Kier molecular flexibility index (Phi) is 6.71. The smallest absolute Gasteiger partial charge is 0.0642 e. The summed E-state index contributed by atoms with van der Waals surface area (Å²) in [5, 5.41) is 0. The van der Waals surface area contributed by atoms with E-state index in [4.69, 9.17) is 4.74 Å². The largest absolute Gasteiger partial charge is 0.378 e. The fourth-order valence-electron chi connectivity index (χ4n) is 1.98. The summed E-state index contributed by atoms with van der Waals surface area (Å²) in [5.74, 6) is 0. The van der Waals surface area contributed by atoms with Crippen molar-refractivity contribution in [1.29, 1.82) is 0 Å². The van der Waals surface area contributed by atoms with Crippen molar-refractivity contribution in [2.45, 2.75) is 33.6 Å². The summed E-state index contributed by atoms with van der Waals surface area (Å²) in [5.41, 5.74) is 2.77. The first-order valence-corrected chi connectivity index (χ1v) is 6.82. The van der Waals surface area contributed by atoms with Gasteiger partial charge in [0, 0.05) is 18.8 Å². The third kappa shape index (κ3) is 4.39. The second-order valence-corrected chi connectivity index (χ2v) is 4.02. The van der Waals surface area contributed by atoms with Crippen molar-refractivity contribution in [2.24, 2.45) is 0 Å². The standard InChI is InChI=1S/C13H19NO.C2H6/c1-2-3-12-4-6-13(7-5-12)14-8-10-15-11-9-14;1-2/h4-7H,2-3,8-11H2,1H3;1-2H3. The van der Waals surface area contributed by atoms with Crippen molar-refractivity contribution in [2.75, 3.05) is 31.2 Å². The van der Waals surface area contributed by atoms with Crippen LogP contribution in [0.25, 0.3) is 0 Å². The van der Waals surface area contributed by atoms with Crippen molar-refractivity contribution in [3.05, 3.63) is 29.8 Å². The molecule has 0 radical (unpaired) electrons. The molecule has 2 nitrogen and oxygen atoms in total. The van der Waals surface area contributed by atoms with Crippen LogP contribution in [0.4, 0.5) is 5.69 Å². The lowest BCUT2D eigenvalue weighted by molar-refractivity contribution is 0.122. The fourth-order valence-corrected chi connectivity index (χ4v) is 1.98. The Morgan fingerprint density at radius 2 is 1.65 bits per heavy atom. The van der Waals surface area contributed by atoms with Gasteiger partial charge in [-0.25, -0.2) is 0 Å². The van der Waals surface area contributed by atoms with Crippen LogP contribution in [0, 0.1) is 0 Å². The summed E-state index contributed by atoms with van der Waals surface area (Å²) in [7, 11) is 0. The predicted molar refractivity (Wildman–Crippen MR) is 74.8 cm³/mol. The van der Waals surface area contributed by atoms with Crippen LogP contribution in [0.5, 0.6) is 0 Å². The van der Waals surface area contributed by atoms with E-state index in [1.165, 1.54) is 24.1 Å². The number of aryl methyl sites for hydroxylation is 1. The molecule has 2 heteroatoms. The molecule has 0 aromatic heterocycles. The van der Waals surface area contributed by atoms with E-state index in [-0.39, 0.29) is 0 Å². The molecule has 0 bridgehead atoms. The molecule has 1 saturated heterocycles. The minimum atomic E-state index is 0.858. The van der Waals surface area contributed by atoms with Gasteiger partial charge in [-0.15, -0.1) is 0 Å². The molecule has 0 unspecified atom stereocenters. The van der Waals surface area contributed by atoms with Crippen LogP contribution in [0.1, 0.15) is 32.8 Å². The average molecular weight is 235 g/mol. The molecule has 17 heavy (non-hydrogen) atoms. The van der Waals surface area contributed by atoms with Crippen LogP contribution in [-0.2, 0) is 11.2 Å². The first-order valence-electron chi connectivity index (χ1n) is 6.82. The van der Waals surface area contributed by atoms with Crippen LogP contribution >= 0.6 is 0 Å². The maximum atomic E-state index is 5.34. The van der Waals surface area contributed by atoms with E-state index in [2.05, 4.69) is 36.1 Å². The van der Waals surface area contributed by atoms with Crippen LogP contribution in [-0.4, -0.2) is 26.3 Å². The molecule has 0 saturated carbocycles. The Balaban J connectivity index is 0.000000686. The van der Waals surface area contributed by atoms with Crippen molar-refractivity contribution in [3.8, 4) is 0 Å². The molecule has 1 aliphatic heterocycles. The summed E-state index contributed by atoms with van der Waals surface area (Å²) in [6.45, 7) is 9.98. The maximum absolute atomic E-state index is 5.34. The predicted octanol–water partition coefficient (Wildman–Crippen LogP) is 3.50. The molecule has 1 heterocycles. The maximum Gasteiger partial charge on any atom is 0.0642 e. The zero-order valence-corrected chi connectivity index (χ0v) is 11.4. The summed E-state index contributed by atoms with van der Waals surface area (Å²) in [6.07, 6.45) is 2.40. The van der Waals surface area contributed by atoms with Crippen molar-refractivity contribution < 1.29 is 4.74 Å². The Labute approximate surface area is 106 Å². The number of benzene rings is 1. The van der Waals surface area contributed by atoms with Gasteiger partial charge in [0.15, 0.2) is 0 Å². The minimum absolute atomic E-state index is 0.858. The van der Waals surface area contributed by atoms with Gasteiger partial charge in [-0.2, -0.15) is 0 Å². The highest BCUT2D eigenvalue weighted by atomic mass is 16.5. The van der Waals surface area contributed by atoms with Gasteiger partial charge in [0.2, 0.25) is 0 Å². The van der Waals surface area contributed by atoms with Crippen molar-refractivity contribution in [1.82, 2.24) is 0 Å². The SMILES string of the molecule is CC.CCCc1ccc(N2CCOCC2)cc1. The van der Waals surface area contributed by atoms with E-state index in [9.17, 15) is 0 Å². The molecule has 0 spiro atoms. The molecular weight excluding hydrogens is 210 g/mol. The van der Waals surface area contributed by atoms with Gasteiger partial charge in [-0.1, -0.05) is 39.3 Å². The number of hydrogen-bond donors (Lipinski definition) is 0. The van der Waals surface area contributed by atoms with E-state index in [0.717, 1.165) is 26.3 Å². The summed E-state index contributed by atoms with van der Waals surface area (Å²) in [6, 6.07) is 8.95. The average Bonchev–Trinajstić information content (AvgIpc) is 2.43. The Morgan fingerprint density at radius 1 is 1.06 bits per heavy atom. The number of morpholine rings is 1. The van der Waals surface area contributed by atoms with E-state index in [1.807, 2.05) is 13.8 Å². The Hall–Kier alpha value is -1.02. The van der Waals surface area contributed by atoms with E-state index < -0.39 is 0 Å². The highest BCUT2D eigenvalue weighted by Gasteiger charge is 2.10. The molecule has 1 aromatic carbocycles. The normalized spacial score (nSPS) is 15.1. The molecule has 0 atom stereocenters. The number of ether oxygens (including phenoxy) is 1. The Bertz CT molecular complexity index is 288. The zero-order valence-electron chi connectivity index (χ0n) is 11.4. The molecule has 0 aliphatic carbocycles. The molecule has 1 aliphatic rings. The Morgan fingerprint density at radius 3 is 2.18 bits per heavy atom. The number of rotatable bonds is 3. The molecule has 0 N–H and O–H groups in total. The van der Waals surface area contributed by atoms with Gasteiger partial charge in [-0.05, 0) is 24.1 Å². The number of nitrogens with zero attached hydrogens (tertiary/aromatic N) is 1. The van der Waals surface area contributed by atoms with Crippen LogP contribution in [0.2, 0.25) is 0 Å². The number of hydrogen-bond acceptors (Lipinski definition) is 2. The monoisotopic (exact) mass is 235 g/mol. The lowest BCUT2D eigenvalue weighted by atomic mass is 10.1. The zero-order chi connectivity index (χ0) is 12.5. The quantitative estimate of drug-likeness (QED) is 0.795. The fraction of sp³-hybridized carbons (Fsp3) is 0.600. The van der Waals surface area contributed by atoms with Crippen LogP contribution < -0.4 is 4.90 Å². The molecule has 2 rings (SSSR count). The molecule has 96 valence electrons. The lowest BCUT2D eigenvalue weighted by Crippen LogP contribution is -2.36. The van der Waals surface area contributed by atoms with Crippen molar-refractivity contribution >= 4 is 5.69 Å². The molecule has 1 fully saturated rings. The van der Waals surface area contributed by atoms with Gasteiger partial charge in [-0.3, -0.25) is 0 Å².